The largest absolute Gasteiger partial charge is 0.332 e. The van der Waals surface area contributed by atoms with Crippen molar-refractivity contribution in [2.45, 2.75) is 32.7 Å². The lowest BCUT2D eigenvalue weighted by Crippen LogP contribution is -2.46. The van der Waals surface area contributed by atoms with Gasteiger partial charge in [-0.3, -0.25) is 19.3 Å². The number of imide groups is 1. The summed E-state index contributed by atoms with van der Waals surface area (Å²) in [4.78, 5) is 53.6. The number of nitrogens with one attached hydrogen (secondary N) is 2. The van der Waals surface area contributed by atoms with E-state index in [0.29, 0.717) is 29.8 Å². The van der Waals surface area contributed by atoms with Crippen LogP contribution in [0, 0.1) is 18.3 Å². The minimum Gasteiger partial charge on any atom is -0.332 e. The van der Waals surface area contributed by atoms with Crippen LogP contribution in [-0.2, 0) is 19.9 Å². The van der Waals surface area contributed by atoms with Gasteiger partial charge in [-0.1, -0.05) is 37.3 Å². The highest BCUT2D eigenvalue weighted by atomic mass is 16.2. The molecule has 1 aliphatic rings. The highest BCUT2D eigenvalue weighted by molar-refractivity contribution is 6.09. The molecule has 2 aromatic rings. The lowest BCUT2D eigenvalue weighted by molar-refractivity contribution is -0.140. The SMILES string of the molecule is CCCN(CC(=O)Nc1ccccc1C)C(=O)CN1C(=O)NC(C)(c2cccc(C#N)c2)C1=O. The molecule has 9 nitrogen and oxygen atoms in total. The molecule has 0 bridgehead atoms. The van der Waals surface area contributed by atoms with Gasteiger partial charge in [-0.15, -0.1) is 0 Å². The fraction of sp³-hybridized carbons (Fsp3) is 0.320. The van der Waals surface area contributed by atoms with Gasteiger partial charge in [0.15, 0.2) is 0 Å². The van der Waals surface area contributed by atoms with Crippen LogP contribution in [0.4, 0.5) is 10.5 Å². The third kappa shape index (κ3) is 5.07. The van der Waals surface area contributed by atoms with Gasteiger partial charge in [0.1, 0.15) is 12.1 Å². The molecule has 0 saturated carbocycles. The number of nitriles is 1. The van der Waals surface area contributed by atoms with Gasteiger partial charge in [-0.05, 0) is 49.6 Å². The second-order valence-corrected chi connectivity index (χ2v) is 8.32. The zero-order chi connectivity index (χ0) is 24.9. The minimum absolute atomic E-state index is 0.202. The molecular weight excluding hydrogens is 434 g/mol. The van der Waals surface area contributed by atoms with E-state index < -0.39 is 29.9 Å². The van der Waals surface area contributed by atoms with Gasteiger partial charge in [0.05, 0.1) is 18.2 Å². The molecule has 2 aromatic carbocycles. The molecule has 0 radical (unpaired) electrons. The van der Waals surface area contributed by atoms with Crippen LogP contribution in [-0.4, -0.2) is 53.2 Å². The number of aryl methyl sites for hydroxylation is 1. The summed E-state index contributed by atoms with van der Waals surface area (Å²) >= 11 is 0. The predicted molar refractivity (Wildman–Crippen MR) is 125 cm³/mol. The Hall–Kier alpha value is -4.19. The van der Waals surface area contributed by atoms with Crippen LogP contribution in [0.5, 0.6) is 0 Å². The summed E-state index contributed by atoms with van der Waals surface area (Å²) in [5.41, 5.74) is 0.943. The Morgan fingerprint density at radius 3 is 2.59 bits per heavy atom. The number of amides is 5. The molecule has 2 N–H and O–H groups in total. The van der Waals surface area contributed by atoms with Gasteiger partial charge < -0.3 is 15.5 Å². The van der Waals surface area contributed by atoms with Crippen molar-refractivity contribution in [3.8, 4) is 6.07 Å². The maximum atomic E-state index is 13.2. The number of hydrogen-bond donors (Lipinski definition) is 2. The summed E-state index contributed by atoms with van der Waals surface area (Å²) in [5.74, 6) is -1.48. The first-order valence-corrected chi connectivity index (χ1v) is 11.0. The Bertz CT molecular complexity index is 1170. The van der Waals surface area contributed by atoms with E-state index in [1.54, 1.807) is 30.3 Å². The Balaban J connectivity index is 1.72. The zero-order valence-electron chi connectivity index (χ0n) is 19.4. The van der Waals surface area contributed by atoms with E-state index in [1.165, 1.54) is 17.9 Å². The number of carbonyl (C=O) groups is 4. The molecule has 176 valence electrons. The van der Waals surface area contributed by atoms with Gasteiger partial charge in [-0.25, -0.2) is 4.79 Å². The number of carbonyl (C=O) groups excluding carboxylic acids is 4. The third-order valence-corrected chi connectivity index (χ3v) is 5.74. The number of para-hydroxylation sites is 1. The van der Waals surface area contributed by atoms with E-state index in [4.69, 9.17) is 5.26 Å². The molecule has 1 atom stereocenters. The van der Waals surface area contributed by atoms with Crippen LogP contribution in [0.1, 0.15) is 37.0 Å². The van der Waals surface area contributed by atoms with E-state index >= 15 is 0 Å². The van der Waals surface area contributed by atoms with Crippen molar-refractivity contribution in [2.24, 2.45) is 0 Å². The van der Waals surface area contributed by atoms with Crippen molar-refractivity contribution in [1.29, 1.82) is 5.26 Å². The van der Waals surface area contributed by atoms with E-state index in [-0.39, 0.29) is 12.5 Å². The van der Waals surface area contributed by atoms with E-state index in [0.717, 1.165) is 10.5 Å². The number of nitrogens with zero attached hydrogens (tertiary/aromatic N) is 3. The fourth-order valence-corrected chi connectivity index (χ4v) is 3.81. The van der Waals surface area contributed by atoms with Gasteiger partial charge in [0.2, 0.25) is 11.8 Å². The summed E-state index contributed by atoms with van der Waals surface area (Å²) in [5, 5.41) is 14.6. The molecule has 5 amide bonds. The lowest BCUT2D eigenvalue weighted by Gasteiger charge is -2.25. The first-order chi connectivity index (χ1) is 16.2. The summed E-state index contributed by atoms with van der Waals surface area (Å²) in [6, 6.07) is 15.0. The molecule has 1 fully saturated rings. The van der Waals surface area contributed by atoms with Crippen LogP contribution in [0.3, 0.4) is 0 Å². The van der Waals surface area contributed by atoms with Crippen molar-refractivity contribution in [2.75, 3.05) is 25.0 Å². The number of urea groups is 1. The van der Waals surface area contributed by atoms with Gasteiger partial charge in [0, 0.05) is 12.2 Å². The molecule has 0 spiro atoms. The maximum Gasteiger partial charge on any atom is 0.325 e. The second-order valence-electron chi connectivity index (χ2n) is 8.32. The molecule has 34 heavy (non-hydrogen) atoms. The van der Waals surface area contributed by atoms with Gasteiger partial charge in [-0.2, -0.15) is 5.26 Å². The van der Waals surface area contributed by atoms with Gasteiger partial charge >= 0.3 is 6.03 Å². The molecule has 9 heteroatoms. The van der Waals surface area contributed by atoms with Crippen molar-refractivity contribution < 1.29 is 19.2 Å². The molecular formula is C25H27N5O4. The summed E-state index contributed by atoms with van der Waals surface area (Å²) in [7, 11) is 0. The molecule has 1 saturated heterocycles. The van der Waals surface area contributed by atoms with Crippen molar-refractivity contribution in [3.63, 3.8) is 0 Å². The maximum absolute atomic E-state index is 13.2. The Morgan fingerprint density at radius 2 is 1.91 bits per heavy atom. The summed E-state index contributed by atoms with van der Waals surface area (Å²) in [6.45, 7) is 4.87. The lowest BCUT2D eigenvalue weighted by atomic mass is 9.91. The average molecular weight is 462 g/mol. The van der Waals surface area contributed by atoms with Gasteiger partial charge in [0.25, 0.3) is 5.91 Å². The Kier molecular flexibility index (Phi) is 7.31. The third-order valence-electron chi connectivity index (χ3n) is 5.74. The summed E-state index contributed by atoms with van der Waals surface area (Å²) < 4.78 is 0. The number of rotatable bonds is 8. The van der Waals surface area contributed by atoms with Crippen LogP contribution < -0.4 is 10.6 Å². The van der Waals surface area contributed by atoms with E-state index in [2.05, 4.69) is 10.6 Å². The molecule has 1 unspecified atom stereocenters. The van der Waals surface area contributed by atoms with Crippen molar-refractivity contribution in [1.82, 2.24) is 15.1 Å². The number of benzene rings is 2. The minimum atomic E-state index is -1.40. The highest BCUT2D eigenvalue weighted by Gasteiger charge is 2.49. The Morgan fingerprint density at radius 1 is 1.18 bits per heavy atom. The second kappa shape index (κ2) is 10.2. The first kappa shape index (κ1) is 24.5. The van der Waals surface area contributed by atoms with Crippen molar-refractivity contribution >= 4 is 29.4 Å². The fourth-order valence-electron chi connectivity index (χ4n) is 3.81. The molecule has 3 rings (SSSR count). The number of anilines is 1. The monoisotopic (exact) mass is 461 g/mol. The Labute approximate surface area is 198 Å². The average Bonchev–Trinajstić information content (AvgIpc) is 3.04. The quantitative estimate of drug-likeness (QED) is 0.585. The highest BCUT2D eigenvalue weighted by Crippen LogP contribution is 2.29. The molecule has 0 aromatic heterocycles. The van der Waals surface area contributed by atoms with Crippen LogP contribution >= 0.6 is 0 Å². The summed E-state index contributed by atoms with van der Waals surface area (Å²) in [6.07, 6.45) is 0.599. The van der Waals surface area contributed by atoms with Crippen LogP contribution in [0.15, 0.2) is 48.5 Å². The smallest absolute Gasteiger partial charge is 0.325 e. The van der Waals surface area contributed by atoms with E-state index in [1.807, 2.05) is 32.0 Å². The zero-order valence-corrected chi connectivity index (χ0v) is 19.4. The van der Waals surface area contributed by atoms with Crippen LogP contribution in [0.2, 0.25) is 0 Å². The number of hydrogen-bond acceptors (Lipinski definition) is 5. The topological polar surface area (TPSA) is 123 Å². The molecule has 1 aliphatic heterocycles. The molecule has 1 heterocycles. The van der Waals surface area contributed by atoms with Crippen LogP contribution in [0.25, 0.3) is 0 Å². The predicted octanol–water partition coefficient (Wildman–Crippen LogP) is 2.51. The van der Waals surface area contributed by atoms with E-state index in [9.17, 15) is 19.2 Å². The standard InChI is InChI=1S/C25H27N5O4/c1-4-12-29(15-21(31)27-20-11-6-5-8-17(20)2)22(32)16-30-23(33)25(3,28-24(30)34)19-10-7-9-18(13-19)14-26/h5-11,13H,4,12,15-16H2,1-3H3,(H,27,31)(H,28,34). The molecule has 0 aliphatic carbocycles. The van der Waals surface area contributed by atoms with Crippen molar-refractivity contribution in [3.05, 3.63) is 65.2 Å². The first-order valence-electron chi connectivity index (χ1n) is 11.0. The normalized spacial score (nSPS) is 17.2.